The highest BCUT2D eigenvalue weighted by atomic mass is 16.5. The van der Waals surface area contributed by atoms with Crippen molar-refractivity contribution in [3.8, 4) is 17.2 Å². The minimum absolute atomic E-state index is 0.0857. The summed E-state index contributed by atoms with van der Waals surface area (Å²) in [6.07, 6.45) is 4.89. The van der Waals surface area contributed by atoms with Crippen molar-refractivity contribution in [1.82, 2.24) is 9.97 Å². The highest BCUT2D eigenvalue weighted by molar-refractivity contribution is 5.91. The number of aromatic nitrogens is 2. The fraction of sp³-hybridized carbons (Fsp3) is 0.500. The highest BCUT2D eigenvalue weighted by Crippen LogP contribution is 2.34. The van der Waals surface area contributed by atoms with Gasteiger partial charge >= 0.3 is 6.09 Å². The quantitative estimate of drug-likeness (QED) is 0.175. The second kappa shape index (κ2) is 13.5. The number of rotatable bonds is 15. The Bertz CT molecular complexity index is 1290. The van der Waals surface area contributed by atoms with Crippen molar-refractivity contribution < 1.29 is 23.5 Å². The number of hydrogen-bond acceptors (Lipinski definition) is 8. The molecule has 40 heavy (non-hydrogen) atoms. The number of carbonyl (C=O) groups excluding carboxylic acids is 1. The van der Waals surface area contributed by atoms with Crippen LogP contribution in [0.5, 0.6) is 17.2 Å². The molecule has 3 aromatic rings. The van der Waals surface area contributed by atoms with Crippen molar-refractivity contribution in [2.75, 3.05) is 59.0 Å². The number of quaternary nitrogens is 1. The number of nitrogen functional groups attached to an aromatic ring is 1. The van der Waals surface area contributed by atoms with Gasteiger partial charge in [-0.1, -0.05) is 38.8 Å². The van der Waals surface area contributed by atoms with Gasteiger partial charge < -0.3 is 35.5 Å². The summed E-state index contributed by atoms with van der Waals surface area (Å²) in [5.41, 5.74) is 13.1. The molecule has 2 aromatic carbocycles. The highest BCUT2D eigenvalue weighted by Gasteiger charge is 2.30. The van der Waals surface area contributed by atoms with Gasteiger partial charge in [0.1, 0.15) is 11.6 Å². The molecular formula is C30H45N6O4+. The van der Waals surface area contributed by atoms with Crippen LogP contribution in [0.2, 0.25) is 0 Å². The lowest BCUT2D eigenvalue weighted by Crippen LogP contribution is -2.48. The van der Waals surface area contributed by atoms with E-state index in [-0.39, 0.29) is 5.41 Å². The van der Waals surface area contributed by atoms with Gasteiger partial charge in [-0.3, -0.25) is 0 Å². The third-order valence-corrected chi connectivity index (χ3v) is 7.11. The summed E-state index contributed by atoms with van der Waals surface area (Å²) >= 11 is 0. The molecule has 0 unspecified atom stereocenters. The first-order valence-electron chi connectivity index (χ1n) is 13.8. The van der Waals surface area contributed by atoms with Crippen molar-refractivity contribution in [3.63, 3.8) is 0 Å². The van der Waals surface area contributed by atoms with Crippen molar-refractivity contribution in [2.24, 2.45) is 5.73 Å². The van der Waals surface area contributed by atoms with Gasteiger partial charge in [-0.15, -0.1) is 0 Å². The van der Waals surface area contributed by atoms with Crippen LogP contribution < -0.4 is 31.0 Å². The lowest BCUT2D eigenvalue weighted by molar-refractivity contribution is -0.894. The number of hydrogen-bond donors (Lipinski definition) is 3. The number of benzene rings is 2. The largest absolute Gasteiger partial charge is 0.493 e. The second-order valence-corrected chi connectivity index (χ2v) is 11.5. The topological polar surface area (TPSA) is 135 Å². The maximum absolute atomic E-state index is 11.1. The van der Waals surface area contributed by atoms with E-state index in [2.05, 4.69) is 49.3 Å². The van der Waals surface area contributed by atoms with Gasteiger partial charge in [-0.25, -0.2) is 9.78 Å². The molecule has 0 aliphatic heterocycles. The predicted octanol–water partition coefficient (Wildman–Crippen LogP) is 5.10. The molecule has 0 bridgehead atoms. The number of nitrogens with zero attached hydrogens (tertiary/aromatic N) is 3. The number of amides is 1. The average Bonchev–Trinajstić information content (AvgIpc) is 2.88. The van der Waals surface area contributed by atoms with E-state index in [1.54, 1.807) is 26.4 Å². The van der Waals surface area contributed by atoms with E-state index in [0.29, 0.717) is 34.5 Å². The van der Waals surface area contributed by atoms with Gasteiger partial charge in [0.2, 0.25) is 5.95 Å². The van der Waals surface area contributed by atoms with Crippen LogP contribution in [-0.2, 0) is 5.41 Å². The van der Waals surface area contributed by atoms with Crippen molar-refractivity contribution in [3.05, 3.63) is 42.0 Å². The Morgan fingerprint density at radius 3 is 2.35 bits per heavy atom. The molecule has 5 N–H and O–H groups in total. The molecule has 0 radical (unpaired) electrons. The van der Waals surface area contributed by atoms with Crippen LogP contribution >= 0.6 is 0 Å². The SMILES string of the molecule is COc1cc2nc(NCCCCCCC[N+](C)(C)CC(C)(C)c3cccc(OC(N)=O)c3)nc(N)c2cc1OC. The molecule has 1 aromatic heterocycles. The third-order valence-electron chi connectivity index (χ3n) is 7.11. The number of carbonyl (C=O) groups is 1. The minimum Gasteiger partial charge on any atom is -0.493 e. The fourth-order valence-electron chi connectivity index (χ4n) is 5.29. The molecular weight excluding hydrogens is 508 g/mol. The van der Waals surface area contributed by atoms with Crippen molar-refractivity contribution in [1.29, 1.82) is 0 Å². The van der Waals surface area contributed by atoms with Gasteiger partial charge in [-0.2, -0.15) is 4.98 Å². The smallest absolute Gasteiger partial charge is 0.409 e. The van der Waals surface area contributed by atoms with E-state index >= 15 is 0 Å². The van der Waals surface area contributed by atoms with Crippen LogP contribution in [0.15, 0.2) is 36.4 Å². The van der Waals surface area contributed by atoms with Crippen LogP contribution in [0.4, 0.5) is 16.6 Å². The van der Waals surface area contributed by atoms with Crippen LogP contribution in [-0.4, -0.2) is 68.5 Å². The summed E-state index contributed by atoms with van der Waals surface area (Å²) in [7, 11) is 7.73. The van der Waals surface area contributed by atoms with E-state index < -0.39 is 6.09 Å². The molecule has 10 heteroatoms. The Morgan fingerprint density at radius 1 is 0.975 bits per heavy atom. The normalized spacial score (nSPS) is 11.8. The van der Waals surface area contributed by atoms with E-state index in [1.165, 1.54) is 12.8 Å². The number of primary amides is 1. The molecule has 0 spiro atoms. The number of anilines is 2. The molecule has 0 aliphatic carbocycles. The zero-order valence-electron chi connectivity index (χ0n) is 24.8. The van der Waals surface area contributed by atoms with E-state index in [9.17, 15) is 4.79 Å². The summed E-state index contributed by atoms with van der Waals surface area (Å²) in [6, 6.07) is 11.2. The molecule has 218 valence electrons. The van der Waals surface area contributed by atoms with Crippen molar-refractivity contribution >= 4 is 28.8 Å². The minimum atomic E-state index is -0.795. The summed E-state index contributed by atoms with van der Waals surface area (Å²) in [6.45, 7) is 7.29. The number of unbranched alkanes of at least 4 members (excludes halogenated alkanes) is 4. The lowest BCUT2D eigenvalue weighted by Gasteiger charge is -2.38. The van der Waals surface area contributed by atoms with E-state index in [4.69, 9.17) is 25.7 Å². The summed E-state index contributed by atoms with van der Waals surface area (Å²) < 4.78 is 16.7. The Balaban J connectivity index is 1.40. The monoisotopic (exact) mass is 553 g/mol. The average molecular weight is 554 g/mol. The molecule has 3 rings (SSSR count). The Labute approximate surface area is 237 Å². The Morgan fingerprint density at radius 2 is 1.65 bits per heavy atom. The first kappa shape index (κ1) is 30.7. The zero-order chi connectivity index (χ0) is 29.3. The van der Waals surface area contributed by atoms with Crippen LogP contribution in [0, 0.1) is 0 Å². The standard InChI is InChI=1S/C30H44N6O4/c1-30(2,21-13-12-14-22(17-21)40-28(32)37)20-36(3,4)16-11-9-7-8-10-15-33-29-34-24-19-26(39-6)25(38-5)18-23(24)27(31)35-29/h12-14,17-19H,7-11,15-16,20H2,1-6H3,(H4-,31,32,33,34,35,37)/p+1. The number of likely N-dealkylation sites (N-methyl/N-ethyl adjacent to an activating group) is 1. The maximum Gasteiger partial charge on any atom is 0.409 e. The number of nitrogens with two attached hydrogens (primary N) is 2. The molecule has 0 aliphatic rings. The van der Waals surface area contributed by atoms with Gasteiger partial charge in [0, 0.05) is 23.4 Å². The van der Waals surface area contributed by atoms with Crippen molar-refractivity contribution in [2.45, 2.75) is 51.4 Å². The van der Waals surface area contributed by atoms with Gasteiger partial charge in [0.25, 0.3) is 0 Å². The lowest BCUT2D eigenvalue weighted by atomic mass is 9.83. The Hall–Kier alpha value is -3.79. The second-order valence-electron chi connectivity index (χ2n) is 11.5. The fourth-order valence-corrected chi connectivity index (χ4v) is 5.29. The van der Waals surface area contributed by atoms with Crippen LogP contribution in [0.3, 0.4) is 0 Å². The number of methoxy groups -OCH3 is 2. The van der Waals surface area contributed by atoms with Gasteiger partial charge in [-0.05, 0) is 43.0 Å². The molecule has 0 saturated carbocycles. The zero-order valence-corrected chi connectivity index (χ0v) is 24.8. The predicted molar refractivity (Wildman–Crippen MR) is 160 cm³/mol. The van der Waals surface area contributed by atoms with Crippen LogP contribution in [0.25, 0.3) is 10.9 Å². The summed E-state index contributed by atoms with van der Waals surface area (Å²) in [5.74, 6) is 2.61. The number of fused-ring (bicyclic) bond motifs is 1. The first-order chi connectivity index (χ1) is 18.9. The van der Waals surface area contributed by atoms with Gasteiger partial charge in [0.15, 0.2) is 11.5 Å². The molecule has 0 fully saturated rings. The maximum atomic E-state index is 11.1. The molecule has 1 heterocycles. The Kier molecular flexibility index (Phi) is 10.4. The molecule has 1 amide bonds. The number of ether oxygens (including phenoxy) is 3. The third kappa shape index (κ3) is 8.61. The van der Waals surface area contributed by atoms with Gasteiger partial charge in [0.05, 0.1) is 46.9 Å². The molecule has 0 saturated heterocycles. The summed E-state index contributed by atoms with van der Waals surface area (Å²) in [4.78, 5) is 20.1. The van der Waals surface area contributed by atoms with E-state index in [1.807, 2.05) is 18.2 Å². The van der Waals surface area contributed by atoms with E-state index in [0.717, 1.165) is 54.3 Å². The summed E-state index contributed by atoms with van der Waals surface area (Å²) in [5, 5.41) is 4.04. The molecule has 10 nitrogen and oxygen atoms in total. The first-order valence-corrected chi connectivity index (χ1v) is 13.8. The molecule has 0 atom stereocenters. The van der Waals surface area contributed by atoms with Crippen LogP contribution in [0.1, 0.15) is 51.5 Å². The number of nitrogens with one attached hydrogen (secondary N) is 1.